The summed E-state index contributed by atoms with van der Waals surface area (Å²) in [7, 11) is 0. The average molecular weight is 395 g/mol. The van der Waals surface area contributed by atoms with Gasteiger partial charge in [-0.15, -0.1) is 0 Å². The Labute approximate surface area is 167 Å². The van der Waals surface area contributed by atoms with E-state index in [1.165, 1.54) is 12.1 Å². The number of nitrogens with two attached hydrogens (primary N) is 1. The summed E-state index contributed by atoms with van der Waals surface area (Å²) in [5.41, 5.74) is 7.55. The summed E-state index contributed by atoms with van der Waals surface area (Å²) >= 11 is 0. The van der Waals surface area contributed by atoms with Crippen molar-refractivity contribution in [2.75, 3.05) is 18.8 Å². The van der Waals surface area contributed by atoms with Crippen molar-refractivity contribution in [3.8, 4) is 11.3 Å². The van der Waals surface area contributed by atoms with Gasteiger partial charge < -0.3 is 10.6 Å². The first-order chi connectivity index (χ1) is 14.0. The van der Waals surface area contributed by atoms with Gasteiger partial charge in [0.15, 0.2) is 0 Å². The van der Waals surface area contributed by atoms with Crippen LogP contribution >= 0.6 is 0 Å². The lowest BCUT2D eigenvalue weighted by Crippen LogP contribution is -2.39. The van der Waals surface area contributed by atoms with Crippen LogP contribution in [-0.2, 0) is 4.79 Å². The highest BCUT2D eigenvalue weighted by atomic mass is 19.1. The van der Waals surface area contributed by atoms with Gasteiger partial charge in [0.1, 0.15) is 35.0 Å². The third kappa shape index (κ3) is 3.35. The highest BCUT2D eigenvalue weighted by Gasteiger charge is 2.29. The number of anilines is 1. The SMILES string of the molecule is CCC(=O)N1CCCC(c2nc(-c3ccc(C=O)cc3F)c3c(N)nccn23)C1. The van der Waals surface area contributed by atoms with Crippen LogP contribution in [0.5, 0.6) is 0 Å². The predicted octanol–water partition coefficient (Wildman–Crippen LogP) is 3.05. The number of carbonyl (C=O) groups is 2. The second-order valence-corrected chi connectivity index (χ2v) is 7.24. The molecule has 0 bridgehead atoms. The third-order valence-corrected chi connectivity index (χ3v) is 5.44. The van der Waals surface area contributed by atoms with E-state index in [0.29, 0.717) is 30.5 Å². The van der Waals surface area contributed by atoms with E-state index >= 15 is 0 Å². The van der Waals surface area contributed by atoms with E-state index in [2.05, 4.69) is 4.98 Å². The Morgan fingerprint density at radius 3 is 2.97 bits per heavy atom. The second-order valence-electron chi connectivity index (χ2n) is 7.24. The molecular formula is C21H22FN5O2. The molecule has 3 aromatic rings. The molecule has 1 aromatic carbocycles. The number of carbonyl (C=O) groups excluding carboxylic acids is 2. The first-order valence-corrected chi connectivity index (χ1v) is 9.68. The molecule has 1 atom stereocenters. The molecule has 0 aliphatic carbocycles. The summed E-state index contributed by atoms with van der Waals surface area (Å²) in [6, 6.07) is 4.26. The van der Waals surface area contributed by atoms with E-state index in [0.717, 1.165) is 25.2 Å². The number of amides is 1. The maximum absolute atomic E-state index is 14.7. The molecule has 8 heteroatoms. The van der Waals surface area contributed by atoms with Crippen LogP contribution in [0.2, 0.25) is 0 Å². The minimum absolute atomic E-state index is 0.0135. The van der Waals surface area contributed by atoms with Crippen LogP contribution in [0.25, 0.3) is 16.8 Å². The third-order valence-electron chi connectivity index (χ3n) is 5.44. The van der Waals surface area contributed by atoms with E-state index in [4.69, 9.17) is 10.7 Å². The summed E-state index contributed by atoms with van der Waals surface area (Å²) in [5, 5.41) is 0. The van der Waals surface area contributed by atoms with Crippen LogP contribution in [0.4, 0.5) is 10.2 Å². The second kappa shape index (κ2) is 7.62. The zero-order chi connectivity index (χ0) is 20.5. The van der Waals surface area contributed by atoms with Gasteiger partial charge in [0, 0.05) is 48.9 Å². The molecule has 150 valence electrons. The zero-order valence-corrected chi connectivity index (χ0v) is 16.1. The number of benzene rings is 1. The van der Waals surface area contributed by atoms with Gasteiger partial charge in [-0.25, -0.2) is 14.4 Å². The van der Waals surface area contributed by atoms with E-state index < -0.39 is 5.82 Å². The van der Waals surface area contributed by atoms with Crippen molar-refractivity contribution >= 4 is 23.5 Å². The predicted molar refractivity (Wildman–Crippen MR) is 107 cm³/mol. The Balaban J connectivity index is 1.84. The molecule has 0 saturated carbocycles. The van der Waals surface area contributed by atoms with Crippen molar-refractivity contribution in [2.24, 2.45) is 0 Å². The Bertz CT molecular complexity index is 1090. The minimum Gasteiger partial charge on any atom is -0.382 e. The number of piperidine rings is 1. The normalized spacial score (nSPS) is 16.9. The maximum atomic E-state index is 14.7. The lowest BCUT2D eigenvalue weighted by Gasteiger charge is -2.32. The molecule has 1 aliphatic rings. The summed E-state index contributed by atoms with van der Waals surface area (Å²) in [4.78, 5) is 33.9. The number of imidazole rings is 1. The smallest absolute Gasteiger partial charge is 0.222 e. The molecule has 2 N–H and O–H groups in total. The molecule has 1 amide bonds. The van der Waals surface area contributed by atoms with Crippen LogP contribution < -0.4 is 5.73 Å². The van der Waals surface area contributed by atoms with Crippen molar-refractivity contribution in [3.63, 3.8) is 0 Å². The molecule has 2 aromatic heterocycles. The van der Waals surface area contributed by atoms with E-state index in [-0.39, 0.29) is 28.8 Å². The van der Waals surface area contributed by atoms with Crippen molar-refractivity contribution in [1.82, 2.24) is 19.3 Å². The molecule has 0 spiro atoms. The Kier molecular flexibility index (Phi) is 5.00. The van der Waals surface area contributed by atoms with Gasteiger partial charge in [-0.05, 0) is 25.0 Å². The first-order valence-electron chi connectivity index (χ1n) is 9.68. The van der Waals surface area contributed by atoms with Crippen molar-refractivity contribution in [3.05, 3.63) is 47.8 Å². The topological polar surface area (TPSA) is 93.6 Å². The zero-order valence-electron chi connectivity index (χ0n) is 16.1. The number of rotatable bonds is 4. The highest BCUT2D eigenvalue weighted by Crippen LogP contribution is 2.35. The average Bonchev–Trinajstić information content (AvgIpc) is 3.14. The number of hydrogen-bond acceptors (Lipinski definition) is 5. The molecule has 0 radical (unpaired) electrons. The number of aromatic nitrogens is 3. The van der Waals surface area contributed by atoms with Gasteiger partial charge in [0.2, 0.25) is 5.91 Å². The number of halogens is 1. The number of nitrogens with zero attached hydrogens (tertiary/aromatic N) is 4. The molecule has 1 saturated heterocycles. The van der Waals surface area contributed by atoms with Crippen molar-refractivity contribution < 1.29 is 14.0 Å². The fraction of sp³-hybridized carbons (Fsp3) is 0.333. The molecule has 7 nitrogen and oxygen atoms in total. The number of likely N-dealkylation sites (tertiary alicyclic amines) is 1. The monoisotopic (exact) mass is 395 g/mol. The number of aldehydes is 1. The van der Waals surface area contributed by atoms with Crippen LogP contribution in [-0.4, -0.2) is 44.6 Å². The largest absolute Gasteiger partial charge is 0.382 e. The van der Waals surface area contributed by atoms with E-state index in [9.17, 15) is 14.0 Å². The van der Waals surface area contributed by atoms with E-state index in [1.807, 2.05) is 16.2 Å². The van der Waals surface area contributed by atoms with E-state index in [1.54, 1.807) is 18.5 Å². The summed E-state index contributed by atoms with van der Waals surface area (Å²) in [5.74, 6) is 0.567. The van der Waals surface area contributed by atoms with Gasteiger partial charge in [0.25, 0.3) is 0 Å². The Morgan fingerprint density at radius 1 is 1.41 bits per heavy atom. The quantitative estimate of drug-likeness (QED) is 0.686. The maximum Gasteiger partial charge on any atom is 0.222 e. The number of hydrogen-bond donors (Lipinski definition) is 1. The lowest BCUT2D eigenvalue weighted by molar-refractivity contribution is -0.132. The van der Waals surface area contributed by atoms with Crippen molar-refractivity contribution in [1.29, 1.82) is 0 Å². The highest BCUT2D eigenvalue weighted by molar-refractivity contribution is 5.87. The van der Waals surface area contributed by atoms with Gasteiger partial charge in [-0.1, -0.05) is 13.0 Å². The van der Waals surface area contributed by atoms with Crippen LogP contribution in [0.15, 0.2) is 30.6 Å². The first kappa shape index (κ1) is 19.0. The Morgan fingerprint density at radius 2 is 2.24 bits per heavy atom. The van der Waals surface area contributed by atoms with Gasteiger partial charge >= 0.3 is 0 Å². The molecule has 29 heavy (non-hydrogen) atoms. The molecule has 3 heterocycles. The molecule has 1 aliphatic heterocycles. The van der Waals surface area contributed by atoms with Crippen LogP contribution in [0.3, 0.4) is 0 Å². The molecular weight excluding hydrogens is 373 g/mol. The fourth-order valence-corrected chi connectivity index (χ4v) is 4.00. The van der Waals surface area contributed by atoms with Crippen molar-refractivity contribution in [2.45, 2.75) is 32.1 Å². The van der Waals surface area contributed by atoms with Crippen LogP contribution in [0, 0.1) is 5.82 Å². The summed E-state index contributed by atoms with van der Waals surface area (Å²) < 4.78 is 16.6. The van der Waals surface area contributed by atoms with Gasteiger partial charge in [-0.3, -0.25) is 14.0 Å². The molecule has 1 unspecified atom stereocenters. The molecule has 1 fully saturated rings. The summed E-state index contributed by atoms with van der Waals surface area (Å²) in [6.07, 6.45) is 6.16. The standard InChI is InChI=1S/C21H22FN5O2/c1-2-17(29)26-8-3-4-14(11-26)21-25-18(19-20(23)24-7-9-27(19)21)15-6-5-13(12-28)10-16(15)22/h5-7,9-10,12,14H,2-4,8,11H2,1H3,(H2,23,24). The fourth-order valence-electron chi connectivity index (χ4n) is 4.00. The molecule has 4 rings (SSSR count). The van der Waals surface area contributed by atoms with Gasteiger partial charge in [-0.2, -0.15) is 0 Å². The summed E-state index contributed by atoms with van der Waals surface area (Å²) in [6.45, 7) is 3.16. The Hall–Kier alpha value is -3.29. The van der Waals surface area contributed by atoms with Crippen LogP contribution in [0.1, 0.15) is 48.3 Å². The minimum atomic E-state index is -0.546. The number of nitrogen functional groups attached to an aromatic ring is 1. The number of fused-ring (bicyclic) bond motifs is 1. The lowest BCUT2D eigenvalue weighted by atomic mass is 9.97. The van der Waals surface area contributed by atoms with Gasteiger partial charge in [0.05, 0.1) is 0 Å².